The summed E-state index contributed by atoms with van der Waals surface area (Å²) in [6, 6.07) is 2.79. The van der Waals surface area contributed by atoms with E-state index in [1.807, 2.05) is 6.20 Å². The fourth-order valence-electron chi connectivity index (χ4n) is 3.18. The van der Waals surface area contributed by atoms with Crippen molar-refractivity contribution in [2.75, 3.05) is 5.32 Å². The van der Waals surface area contributed by atoms with Crippen molar-refractivity contribution >= 4 is 21.6 Å². The van der Waals surface area contributed by atoms with Gasteiger partial charge in [-0.05, 0) is 71.5 Å². The van der Waals surface area contributed by atoms with E-state index in [4.69, 9.17) is 0 Å². The molecule has 2 nitrogen and oxygen atoms in total. The Bertz CT molecular complexity index is 451. The van der Waals surface area contributed by atoms with Gasteiger partial charge in [-0.15, -0.1) is 0 Å². The molecular formula is C17H27BrN2. The van der Waals surface area contributed by atoms with Crippen LogP contribution in [0, 0.1) is 18.3 Å². The molecule has 1 aliphatic carbocycles. The number of nitrogens with one attached hydrogen (secondary N) is 1. The number of rotatable bonds is 2. The van der Waals surface area contributed by atoms with Crippen LogP contribution < -0.4 is 5.32 Å². The first-order valence-corrected chi connectivity index (χ1v) is 8.54. The minimum absolute atomic E-state index is 0.449. The van der Waals surface area contributed by atoms with Crippen LogP contribution in [-0.4, -0.2) is 11.0 Å². The Morgan fingerprint density at radius 2 is 1.95 bits per heavy atom. The molecule has 2 atom stereocenters. The highest BCUT2D eigenvalue weighted by atomic mass is 79.9. The van der Waals surface area contributed by atoms with E-state index < -0.39 is 0 Å². The maximum absolute atomic E-state index is 4.38. The van der Waals surface area contributed by atoms with E-state index in [2.05, 4.69) is 60.0 Å². The van der Waals surface area contributed by atoms with E-state index >= 15 is 0 Å². The van der Waals surface area contributed by atoms with Crippen LogP contribution in [0.25, 0.3) is 0 Å². The summed E-state index contributed by atoms with van der Waals surface area (Å²) in [6.07, 6.45) is 8.54. The van der Waals surface area contributed by atoms with Gasteiger partial charge < -0.3 is 5.32 Å². The molecule has 3 heteroatoms. The smallest absolute Gasteiger partial charge is 0.109 e. The van der Waals surface area contributed by atoms with Crippen LogP contribution in [-0.2, 0) is 0 Å². The second-order valence-corrected chi connectivity index (χ2v) is 8.00. The fourth-order valence-corrected chi connectivity index (χ4v) is 3.40. The highest BCUT2D eigenvalue weighted by Gasteiger charge is 2.27. The van der Waals surface area contributed by atoms with Gasteiger partial charge in [0.1, 0.15) is 4.60 Å². The third kappa shape index (κ3) is 4.21. The minimum atomic E-state index is 0.449. The quantitative estimate of drug-likeness (QED) is 0.564. The number of anilines is 1. The molecule has 1 fully saturated rings. The topological polar surface area (TPSA) is 24.9 Å². The van der Waals surface area contributed by atoms with Crippen molar-refractivity contribution in [2.24, 2.45) is 11.3 Å². The summed E-state index contributed by atoms with van der Waals surface area (Å²) in [6.45, 7) is 9.24. The van der Waals surface area contributed by atoms with Crippen molar-refractivity contribution in [3.05, 3.63) is 22.4 Å². The third-order valence-corrected chi connectivity index (χ3v) is 5.41. The molecule has 0 bridgehead atoms. The molecular weight excluding hydrogens is 312 g/mol. The predicted octanol–water partition coefficient (Wildman–Crippen LogP) is 5.56. The van der Waals surface area contributed by atoms with Gasteiger partial charge >= 0.3 is 0 Å². The summed E-state index contributed by atoms with van der Waals surface area (Å²) in [5.74, 6) is 0.860. The van der Waals surface area contributed by atoms with Crippen molar-refractivity contribution in [2.45, 2.75) is 65.8 Å². The molecule has 0 saturated heterocycles. The van der Waals surface area contributed by atoms with Gasteiger partial charge in [-0.1, -0.05) is 27.2 Å². The van der Waals surface area contributed by atoms with E-state index in [-0.39, 0.29) is 0 Å². The third-order valence-electron chi connectivity index (χ3n) is 4.58. The molecule has 1 aromatic heterocycles. The lowest BCUT2D eigenvalue weighted by Crippen LogP contribution is -2.21. The molecule has 1 saturated carbocycles. The van der Waals surface area contributed by atoms with Crippen LogP contribution >= 0.6 is 15.9 Å². The highest BCUT2D eigenvalue weighted by Crippen LogP contribution is 2.37. The molecule has 2 unspecified atom stereocenters. The lowest BCUT2D eigenvalue weighted by Gasteiger charge is -2.29. The Morgan fingerprint density at radius 3 is 2.60 bits per heavy atom. The Labute approximate surface area is 131 Å². The number of nitrogens with zero attached hydrogens (tertiary/aromatic N) is 1. The van der Waals surface area contributed by atoms with Crippen LogP contribution in [0.5, 0.6) is 0 Å². The number of pyridine rings is 1. The molecule has 2 rings (SSSR count). The van der Waals surface area contributed by atoms with E-state index in [0.717, 1.165) is 16.2 Å². The average molecular weight is 339 g/mol. The van der Waals surface area contributed by atoms with Crippen LogP contribution in [0.1, 0.15) is 58.4 Å². The van der Waals surface area contributed by atoms with Crippen LogP contribution in [0.4, 0.5) is 5.69 Å². The molecule has 1 heterocycles. The highest BCUT2D eigenvalue weighted by molar-refractivity contribution is 9.10. The molecule has 0 spiro atoms. The number of aromatic nitrogens is 1. The minimum Gasteiger partial charge on any atom is -0.381 e. The van der Waals surface area contributed by atoms with Crippen LogP contribution in [0.15, 0.2) is 16.9 Å². The number of hydrogen-bond acceptors (Lipinski definition) is 2. The Balaban J connectivity index is 1.95. The van der Waals surface area contributed by atoms with Crippen LogP contribution in [0.2, 0.25) is 0 Å². The standard InChI is InChI=1S/C17H27BrN2/c1-12-10-15(11-19-16(12)18)20-14-7-5-6-13(8-9-14)17(2,3)4/h10-11,13-14,20H,5-9H2,1-4H3. The van der Waals surface area contributed by atoms with E-state index in [1.54, 1.807) is 0 Å². The fraction of sp³-hybridized carbons (Fsp3) is 0.706. The number of halogens is 1. The molecule has 0 amide bonds. The van der Waals surface area contributed by atoms with E-state index in [0.29, 0.717) is 11.5 Å². The lowest BCUT2D eigenvalue weighted by molar-refractivity contribution is 0.214. The van der Waals surface area contributed by atoms with Gasteiger partial charge in [-0.2, -0.15) is 0 Å². The zero-order valence-corrected chi connectivity index (χ0v) is 14.8. The van der Waals surface area contributed by atoms with Crippen molar-refractivity contribution in [1.82, 2.24) is 4.98 Å². The van der Waals surface area contributed by atoms with Crippen molar-refractivity contribution in [3.8, 4) is 0 Å². The van der Waals surface area contributed by atoms with Crippen molar-refractivity contribution in [3.63, 3.8) is 0 Å². The second-order valence-electron chi connectivity index (χ2n) is 7.24. The van der Waals surface area contributed by atoms with Gasteiger partial charge in [0, 0.05) is 6.04 Å². The van der Waals surface area contributed by atoms with E-state index in [9.17, 15) is 0 Å². The first-order valence-electron chi connectivity index (χ1n) is 7.75. The monoisotopic (exact) mass is 338 g/mol. The summed E-state index contributed by atoms with van der Waals surface area (Å²) in [4.78, 5) is 4.38. The maximum atomic E-state index is 4.38. The summed E-state index contributed by atoms with van der Waals surface area (Å²) >= 11 is 3.46. The molecule has 1 aliphatic rings. The molecule has 0 aromatic carbocycles. The molecule has 1 aromatic rings. The first-order chi connectivity index (χ1) is 9.36. The van der Waals surface area contributed by atoms with Crippen molar-refractivity contribution < 1.29 is 0 Å². The number of aryl methyl sites for hydroxylation is 1. The predicted molar refractivity (Wildman–Crippen MR) is 90.1 cm³/mol. The van der Waals surface area contributed by atoms with Gasteiger partial charge in [0.05, 0.1) is 11.9 Å². The second kappa shape index (κ2) is 6.46. The zero-order valence-electron chi connectivity index (χ0n) is 13.2. The molecule has 20 heavy (non-hydrogen) atoms. The Morgan fingerprint density at radius 1 is 1.20 bits per heavy atom. The SMILES string of the molecule is Cc1cc(NC2CCCC(C(C)(C)C)CC2)cnc1Br. The molecule has 112 valence electrons. The largest absolute Gasteiger partial charge is 0.381 e. The summed E-state index contributed by atoms with van der Waals surface area (Å²) in [7, 11) is 0. The van der Waals surface area contributed by atoms with Gasteiger partial charge in [-0.25, -0.2) is 4.98 Å². The number of hydrogen-bond donors (Lipinski definition) is 1. The van der Waals surface area contributed by atoms with Gasteiger partial charge in [0.25, 0.3) is 0 Å². The van der Waals surface area contributed by atoms with Gasteiger partial charge in [-0.3, -0.25) is 0 Å². The summed E-state index contributed by atoms with van der Waals surface area (Å²) in [5, 5.41) is 3.68. The maximum Gasteiger partial charge on any atom is 0.109 e. The summed E-state index contributed by atoms with van der Waals surface area (Å²) < 4.78 is 0.941. The van der Waals surface area contributed by atoms with Gasteiger partial charge in [0.15, 0.2) is 0 Å². The molecule has 0 aliphatic heterocycles. The molecule has 1 N–H and O–H groups in total. The zero-order chi connectivity index (χ0) is 14.8. The normalized spacial score (nSPS) is 24.2. The van der Waals surface area contributed by atoms with Crippen LogP contribution in [0.3, 0.4) is 0 Å². The van der Waals surface area contributed by atoms with Crippen molar-refractivity contribution in [1.29, 1.82) is 0 Å². The lowest BCUT2D eigenvalue weighted by atomic mass is 9.76. The Hall–Kier alpha value is -0.570. The summed E-state index contributed by atoms with van der Waals surface area (Å²) in [5.41, 5.74) is 2.80. The first kappa shape index (κ1) is 15.8. The molecule has 0 radical (unpaired) electrons. The average Bonchev–Trinajstić information content (AvgIpc) is 2.59. The van der Waals surface area contributed by atoms with E-state index in [1.165, 1.54) is 37.7 Å². The van der Waals surface area contributed by atoms with Gasteiger partial charge in [0.2, 0.25) is 0 Å². The Kier molecular flexibility index (Phi) is 5.11.